The Morgan fingerprint density at radius 3 is 1.74 bits per heavy atom. The summed E-state index contributed by atoms with van der Waals surface area (Å²) in [6, 6.07) is 0. The van der Waals surface area contributed by atoms with E-state index < -0.39 is 42.1 Å². The zero-order valence-electron chi connectivity index (χ0n) is 14.9. The molecule has 2 heterocycles. The Bertz CT molecular complexity index is 617. The molecule has 0 spiro atoms. The van der Waals surface area contributed by atoms with E-state index >= 15 is 0 Å². The first-order valence-electron chi connectivity index (χ1n) is 8.88. The summed E-state index contributed by atoms with van der Waals surface area (Å²) < 4.78 is 0. The van der Waals surface area contributed by atoms with Gasteiger partial charge in [-0.25, -0.2) is 0 Å². The summed E-state index contributed by atoms with van der Waals surface area (Å²) in [5.41, 5.74) is 0.401. The summed E-state index contributed by atoms with van der Waals surface area (Å²) in [4.78, 5) is 59.1. The van der Waals surface area contributed by atoms with Crippen molar-refractivity contribution in [2.45, 2.75) is 32.1 Å². The van der Waals surface area contributed by atoms with Gasteiger partial charge in [0.15, 0.2) is 0 Å². The molecule has 2 aliphatic heterocycles. The van der Waals surface area contributed by atoms with E-state index in [1.165, 1.54) is 0 Å². The van der Waals surface area contributed by atoms with Gasteiger partial charge in [0, 0.05) is 37.3 Å². The van der Waals surface area contributed by atoms with E-state index in [0.717, 1.165) is 0 Å². The normalized spacial score (nSPS) is 27.6. The van der Waals surface area contributed by atoms with Gasteiger partial charge >= 0.3 is 0 Å². The number of imide groups is 1. The third kappa shape index (κ3) is 4.86. The molecule has 9 heteroatoms. The van der Waals surface area contributed by atoms with E-state index in [1.807, 2.05) is 0 Å². The number of rotatable bonds is 10. The number of nitrogens with one attached hydrogen (secondary N) is 2. The van der Waals surface area contributed by atoms with Crippen molar-refractivity contribution in [3.63, 3.8) is 0 Å². The fourth-order valence-corrected chi connectivity index (χ4v) is 3.54. The molecular weight excluding hydrogens is 356 g/mol. The average Bonchev–Trinajstić information content (AvgIpc) is 3.02. The molecule has 0 aromatic carbocycles. The van der Waals surface area contributed by atoms with Gasteiger partial charge in [-0.2, -0.15) is 0 Å². The minimum Gasteiger partial charge on any atom is -0.396 e. The number of aliphatic hydroxyl groups is 2. The Labute approximate surface area is 156 Å². The van der Waals surface area contributed by atoms with Crippen LogP contribution >= 0.6 is 0 Å². The Hall–Kier alpha value is -2.39. The highest BCUT2D eigenvalue weighted by molar-refractivity contribution is 6.06. The quantitative estimate of drug-likeness (QED) is 0.349. The monoisotopic (exact) mass is 380 g/mol. The average molecular weight is 380 g/mol. The lowest BCUT2D eigenvalue weighted by molar-refractivity contribution is -0.129. The van der Waals surface area contributed by atoms with E-state index in [2.05, 4.69) is 17.2 Å². The molecule has 0 saturated carbocycles. The van der Waals surface area contributed by atoms with Crippen LogP contribution in [0, 0.1) is 23.7 Å². The highest BCUT2D eigenvalue weighted by Crippen LogP contribution is 2.29. The Kier molecular flexibility index (Phi) is 6.98. The molecule has 0 radical (unpaired) electrons. The number of amides is 3. The van der Waals surface area contributed by atoms with Crippen LogP contribution in [0.5, 0.6) is 0 Å². The van der Waals surface area contributed by atoms with Crippen molar-refractivity contribution >= 4 is 29.3 Å². The van der Waals surface area contributed by atoms with Crippen molar-refractivity contribution in [3.05, 3.63) is 12.3 Å². The molecule has 2 fully saturated rings. The van der Waals surface area contributed by atoms with Crippen LogP contribution < -0.4 is 10.6 Å². The van der Waals surface area contributed by atoms with E-state index in [1.54, 1.807) is 0 Å². The lowest BCUT2D eigenvalue weighted by Crippen LogP contribution is -2.24. The summed E-state index contributed by atoms with van der Waals surface area (Å²) in [6.07, 6.45) is 0.238. The molecule has 4 N–H and O–H groups in total. The van der Waals surface area contributed by atoms with Crippen LogP contribution in [0.15, 0.2) is 12.3 Å². The molecule has 9 nitrogen and oxygen atoms in total. The molecule has 4 unspecified atom stereocenters. The van der Waals surface area contributed by atoms with Gasteiger partial charge in [-0.15, -0.1) is 0 Å². The van der Waals surface area contributed by atoms with E-state index in [9.17, 15) is 34.2 Å². The lowest BCUT2D eigenvalue weighted by atomic mass is 9.88. The molecule has 2 aliphatic rings. The Morgan fingerprint density at radius 2 is 1.22 bits per heavy atom. The van der Waals surface area contributed by atoms with Gasteiger partial charge in [0.05, 0.1) is 31.0 Å². The number of ketones is 2. The number of carbonyl (C=O) groups excluding carboxylic acids is 5. The number of aliphatic hydroxyl groups excluding tert-OH is 2. The molecule has 3 amide bonds. The molecule has 27 heavy (non-hydrogen) atoms. The van der Waals surface area contributed by atoms with Gasteiger partial charge in [0.25, 0.3) is 0 Å². The van der Waals surface area contributed by atoms with Gasteiger partial charge in [0.2, 0.25) is 17.7 Å². The predicted molar refractivity (Wildman–Crippen MR) is 91.7 cm³/mol. The zero-order chi connectivity index (χ0) is 20.1. The van der Waals surface area contributed by atoms with Crippen molar-refractivity contribution in [1.82, 2.24) is 10.6 Å². The highest BCUT2D eigenvalue weighted by Gasteiger charge is 2.42. The zero-order valence-corrected chi connectivity index (χ0v) is 14.9. The molecule has 0 aliphatic carbocycles. The van der Waals surface area contributed by atoms with Gasteiger partial charge < -0.3 is 15.5 Å². The fraction of sp³-hybridized carbons (Fsp3) is 0.611. The number of carbonyl (C=O) groups is 5. The van der Waals surface area contributed by atoms with E-state index in [-0.39, 0.29) is 56.2 Å². The Balaban J connectivity index is 1.75. The third-order valence-electron chi connectivity index (χ3n) is 5.16. The second-order valence-electron chi connectivity index (χ2n) is 7.00. The molecule has 148 valence electrons. The largest absolute Gasteiger partial charge is 0.396 e. The fourth-order valence-electron chi connectivity index (χ4n) is 3.54. The van der Waals surface area contributed by atoms with Crippen LogP contribution in [0.4, 0.5) is 0 Å². The number of hydrogen-bond acceptors (Lipinski definition) is 7. The predicted octanol–water partition coefficient (Wildman–Crippen LogP) is -1.18. The lowest BCUT2D eigenvalue weighted by Gasteiger charge is -2.14. The maximum atomic E-state index is 12.1. The Morgan fingerprint density at radius 1 is 0.778 bits per heavy atom. The minimum absolute atomic E-state index is 0.0314. The molecule has 4 atom stereocenters. The smallest absolute Gasteiger partial charge is 0.232 e. The standard InChI is InChI=1S/C18H24N2O7/c1-9-14(7-21)12(16(25)19-9)5-10(23)3-2-4-11(24)6-13-15(8-22)18(27)20-17(13)26/h12-15,21-22H,1-8H2,(H,19,25)(H,20,26,27). The summed E-state index contributed by atoms with van der Waals surface area (Å²) in [5, 5.41) is 23.1. The molecule has 0 bridgehead atoms. The van der Waals surface area contributed by atoms with E-state index in [4.69, 9.17) is 0 Å². The van der Waals surface area contributed by atoms with Crippen molar-refractivity contribution in [2.24, 2.45) is 23.7 Å². The highest BCUT2D eigenvalue weighted by atomic mass is 16.3. The minimum atomic E-state index is -0.910. The summed E-state index contributed by atoms with van der Waals surface area (Å²) in [6.45, 7) is 2.87. The van der Waals surface area contributed by atoms with Gasteiger partial charge in [-0.3, -0.25) is 29.3 Å². The summed E-state index contributed by atoms with van der Waals surface area (Å²) >= 11 is 0. The van der Waals surface area contributed by atoms with Crippen molar-refractivity contribution in [3.8, 4) is 0 Å². The second-order valence-corrected chi connectivity index (χ2v) is 7.00. The summed E-state index contributed by atoms with van der Waals surface area (Å²) in [5.74, 6) is -4.86. The maximum Gasteiger partial charge on any atom is 0.232 e. The van der Waals surface area contributed by atoms with Crippen LogP contribution in [0.3, 0.4) is 0 Å². The first-order valence-corrected chi connectivity index (χ1v) is 8.88. The van der Waals surface area contributed by atoms with Gasteiger partial charge in [-0.05, 0) is 6.42 Å². The number of hydrogen-bond donors (Lipinski definition) is 4. The first-order chi connectivity index (χ1) is 12.8. The van der Waals surface area contributed by atoms with E-state index in [0.29, 0.717) is 5.70 Å². The van der Waals surface area contributed by atoms with Gasteiger partial charge in [0.1, 0.15) is 11.6 Å². The second kappa shape index (κ2) is 9.01. The van der Waals surface area contributed by atoms with Gasteiger partial charge in [-0.1, -0.05) is 6.58 Å². The molecule has 0 aromatic heterocycles. The molecule has 2 saturated heterocycles. The maximum absolute atomic E-state index is 12.1. The summed E-state index contributed by atoms with van der Waals surface area (Å²) in [7, 11) is 0. The van der Waals surface area contributed by atoms with Crippen LogP contribution in [0.1, 0.15) is 32.1 Å². The van der Waals surface area contributed by atoms with Crippen LogP contribution in [-0.2, 0) is 24.0 Å². The third-order valence-corrected chi connectivity index (χ3v) is 5.16. The topological polar surface area (TPSA) is 150 Å². The van der Waals surface area contributed by atoms with Crippen molar-refractivity contribution in [1.29, 1.82) is 0 Å². The van der Waals surface area contributed by atoms with Crippen LogP contribution in [0.2, 0.25) is 0 Å². The molecular formula is C18H24N2O7. The number of Topliss-reactive ketones (excluding diaryl/α,β-unsaturated/α-hetero) is 2. The first kappa shape index (κ1) is 20.9. The van der Waals surface area contributed by atoms with Crippen LogP contribution in [0.25, 0.3) is 0 Å². The SMILES string of the molecule is C=C1NC(=O)C(CC(=O)CCCC(=O)CC2C(=O)NC(=O)C2CO)C1CO. The molecule has 0 aromatic rings. The van der Waals surface area contributed by atoms with Crippen LogP contribution in [-0.4, -0.2) is 52.7 Å². The van der Waals surface area contributed by atoms with Crippen molar-refractivity contribution < 1.29 is 34.2 Å². The van der Waals surface area contributed by atoms with Crippen molar-refractivity contribution in [2.75, 3.05) is 13.2 Å². The molecule has 2 rings (SSSR count).